The number of hydrogen-bond donors (Lipinski definition) is 0. The highest BCUT2D eigenvalue weighted by Gasteiger charge is 2.28. The van der Waals surface area contributed by atoms with Crippen molar-refractivity contribution in [1.82, 2.24) is 9.80 Å². The Morgan fingerprint density at radius 1 is 1.12 bits per heavy atom. The molecule has 0 aromatic heterocycles. The molecule has 0 saturated carbocycles. The summed E-state index contributed by atoms with van der Waals surface area (Å²) in [7, 11) is 0. The molecule has 0 N–H and O–H groups in total. The van der Waals surface area contributed by atoms with Crippen molar-refractivity contribution in [3.8, 4) is 0 Å². The van der Waals surface area contributed by atoms with E-state index in [2.05, 4.69) is 23.6 Å². The summed E-state index contributed by atoms with van der Waals surface area (Å²) in [4.78, 5) is 5.45. The minimum atomic E-state index is 0.870. The number of rotatable bonds is 4. The lowest BCUT2D eigenvalue weighted by Gasteiger charge is -2.25. The van der Waals surface area contributed by atoms with E-state index in [9.17, 15) is 0 Å². The molecule has 2 saturated heterocycles. The largest absolute Gasteiger partial charge is 0.302 e. The van der Waals surface area contributed by atoms with Gasteiger partial charge in [0.25, 0.3) is 0 Å². The third-order valence-corrected chi connectivity index (χ3v) is 4.14. The van der Waals surface area contributed by atoms with E-state index in [1.165, 1.54) is 64.8 Å². The molecular weight excluding hydrogens is 196 g/mol. The first-order valence-electron chi connectivity index (χ1n) is 7.22. The van der Waals surface area contributed by atoms with Gasteiger partial charge in [0.05, 0.1) is 0 Å². The molecule has 2 aliphatic heterocycles. The number of hydrogen-bond acceptors (Lipinski definition) is 2. The van der Waals surface area contributed by atoms with Gasteiger partial charge in [-0.1, -0.05) is 13.8 Å². The first-order chi connectivity index (χ1) is 7.75. The Balaban J connectivity index is 1.73. The molecule has 0 aromatic carbocycles. The zero-order valence-electron chi connectivity index (χ0n) is 11.1. The standard InChI is InChI=1S/C14H28N2/c1-13(2)6-3-8-15-9-5-11-16-10-4-7-14(16)12-15/h13-14H,3-12H2,1-2H3. The molecule has 1 atom stereocenters. The summed E-state index contributed by atoms with van der Waals surface area (Å²) in [5, 5.41) is 0. The van der Waals surface area contributed by atoms with Gasteiger partial charge in [0, 0.05) is 12.6 Å². The van der Waals surface area contributed by atoms with Gasteiger partial charge in [0.15, 0.2) is 0 Å². The van der Waals surface area contributed by atoms with Crippen molar-refractivity contribution >= 4 is 0 Å². The van der Waals surface area contributed by atoms with Gasteiger partial charge in [0.1, 0.15) is 0 Å². The lowest BCUT2D eigenvalue weighted by molar-refractivity contribution is 0.216. The summed E-state index contributed by atoms with van der Waals surface area (Å²) >= 11 is 0. The van der Waals surface area contributed by atoms with Gasteiger partial charge in [-0.15, -0.1) is 0 Å². The Hall–Kier alpha value is -0.0800. The Bertz CT molecular complexity index is 203. The molecule has 2 heterocycles. The molecule has 0 aliphatic carbocycles. The molecule has 2 aliphatic rings. The highest BCUT2D eigenvalue weighted by molar-refractivity contribution is 4.84. The third-order valence-electron chi connectivity index (χ3n) is 4.14. The van der Waals surface area contributed by atoms with Crippen molar-refractivity contribution in [3.63, 3.8) is 0 Å². The molecule has 0 aromatic rings. The SMILES string of the molecule is CC(C)CCCN1CCCN2CCCC2C1. The van der Waals surface area contributed by atoms with Gasteiger partial charge in [-0.05, 0) is 64.2 Å². The minimum Gasteiger partial charge on any atom is -0.302 e. The van der Waals surface area contributed by atoms with E-state index in [1.54, 1.807) is 0 Å². The molecule has 2 heteroatoms. The zero-order valence-corrected chi connectivity index (χ0v) is 11.1. The fourth-order valence-electron chi connectivity index (χ4n) is 3.21. The van der Waals surface area contributed by atoms with Gasteiger partial charge in [-0.2, -0.15) is 0 Å². The third kappa shape index (κ3) is 3.46. The van der Waals surface area contributed by atoms with Crippen LogP contribution >= 0.6 is 0 Å². The van der Waals surface area contributed by atoms with Crippen LogP contribution in [0.3, 0.4) is 0 Å². The highest BCUT2D eigenvalue weighted by atomic mass is 15.3. The molecule has 94 valence electrons. The summed E-state index contributed by atoms with van der Waals surface area (Å²) in [5.41, 5.74) is 0. The van der Waals surface area contributed by atoms with Gasteiger partial charge in [0.2, 0.25) is 0 Å². The van der Waals surface area contributed by atoms with Gasteiger partial charge < -0.3 is 4.90 Å². The topological polar surface area (TPSA) is 6.48 Å². The molecule has 2 fully saturated rings. The predicted molar refractivity (Wildman–Crippen MR) is 69.7 cm³/mol. The second kappa shape index (κ2) is 6.02. The molecule has 2 rings (SSSR count). The van der Waals surface area contributed by atoms with Gasteiger partial charge in [-0.25, -0.2) is 0 Å². The van der Waals surface area contributed by atoms with E-state index < -0.39 is 0 Å². The van der Waals surface area contributed by atoms with E-state index in [1.807, 2.05) is 0 Å². The molecule has 0 amide bonds. The summed E-state index contributed by atoms with van der Waals surface area (Å²) in [6, 6.07) is 0.890. The molecular formula is C14H28N2. The fraction of sp³-hybridized carbons (Fsp3) is 1.00. The van der Waals surface area contributed by atoms with Crippen LogP contribution < -0.4 is 0 Å². The van der Waals surface area contributed by atoms with E-state index in [0.29, 0.717) is 0 Å². The van der Waals surface area contributed by atoms with Crippen LogP contribution in [0, 0.1) is 5.92 Å². The Morgan fingerprint density at radius 3 is 2.75 bits per heavy atom. The highest BCUT2D eigenvalue weighted by Crippen LogP contribution is 2.21. The van der Waals surface area contributed by atoms with Crippen LogP contribution in [0.2, 0.25) is 0 Å². The van der Waals surface area contributed by atoms with Crippen LogP contribution in [0.4, 0.5) is 0 Å². The molecule has 0 radical (unpaired) electrons. The lowest BCUT2D eigenvalue weighted by atomic mass is 10.1. The maximum atomic E-state index is 2.72. The average molecular weight is 224 g/mol. The van der Waals surface area contributed by atoms with Crippen molar-refractivity contribution < 1.29 is 0 Å². The van der Waals surface area contributed by atoms with E-state index >= 15 is 0 Å². The molecule has 16 heavy (non-hydrogen) atoms. The molecule has 1 unspecified atom stereocenters. The fourth-order valence-corrected chi connectivity index (χ4v) is 3.21. The van der Waals surface area contributed by atoms with Crippen molar-refractivity contribution in [2.24, 2.45) is 5.92 Å². The van der Waals surface area contributed by atoms with E-state index in [4.69, 9.17) is 0 Å². The molecule has 2 nitrogen and oxygen atoms in total. The lowest BCUT2D eigenvalue weighted by Crippen LogP contribution is -2.37. The van der Waals surface area contributed by atoms with Crippen molar-refractivity contribution in [2.45, 2.75) is 52.0 Å². The average Bonchev–Trinajstić information content (AvgIpc) is 2.57. The Labute approximate surface area is 101 Å². The van der Waals surface area contributed by atoms with Gasteiger partial charge >= 0.3 is 0 Å². The summed E-state index contributed by atoms with van der Waals surface area (Å²) in [5.74, 6) is 0.870. The zero-order chi connectivity index (χ0) is 11.4. The second-order valence-electron chi connectivity index (χ2n) is 6.02. The number of nitrogens with zero attached hydrogens (tertiary/aromatic N) is 2. The maximum Gasteiger partial charge on any atom is 0.0223 e. The minimum absolute atomic E-state index is 0.870. The predicted octanol–water partition coefficient (Wildman–Crippen LogP) is 2.59. The normalized spacial score (nSPS) is 28.3. The van der Waals surface area contributed by atoms with Crippen LogP contribution in [0.5, 0.6) is 0 Å². The molecule has 0 spiro atoms. The smallest absolute Gasteiger partial charge is 0.0223 e. The van der Waals surface area contributed by atoms with Crippen molar-refractivity contribution in [2.75, 3.05) is 32.7 Å². The van der Waals surface area contributed by atoms with Crippen molar-refractivity contribution in [3.05, 3.63) is 0 Å². The number of fused-ring (bicyclic) bond motifs is 1. The summed E-state index contributed by atoms with van der Waals surface area (Å²) in [6.07, 6.45) is 7.05. The van der Waals surface area contributed by atoms with Crippen LogP contribution in [-0.4, -0.2) is 48.6 Å². The second-order valence-corrected chi connectivity index (χ2v) is 6.02. The quantitative estimate of drug-likeness (QED) is 0.724. The van der Waals surface area contributed by atoms with Gasteiger partial charge in [-0.3, -0.25) is 4.90 Å². The molecule has 0 bridgehead atoms. The first-order valence-corrected chi connectivity index (χ1v) is 7.22. The maximum absolute atomic E-state index is 2.72. The van der Waals surface area contributed by atoms with Crippen LogP contribution in [0.1, 0.15) is 46.0 Å². The van der Waals surface area contributed by atoms with E-state index in [0.717, 1.165) is 12.0 Å². The van der Waals surface area contributed by atoms with Crippen LogP contribution in [0.15, 0.2) is 0 Å². The summed E-state index contributed by atoms with van der Waals surface area (Å²) < 4.78 is 0. The Kier molecular flexibility index (Phi) is 4.66. The van der Waals surface area contributed by atoms with Crippen molar-refractivity contribution in [1.29, 1.82) is 0 Å². The van der Waals surface area contributed by atoms with E-state index in [-0.39, 0.29) is 0 Å². The van der Waals surface area contributed by atoms with Crippen LogP contribution in [-0.2, 0) is 0 Å². The first kappa shape index (κ1) is 12.4. The monoisotopic (exact) mass is 224 g/mol. The summed E-state index contributed by atoms with van der Waals surface area (Å²) in [6.45, 7) is 11.4. The van der Waals surface area contributed by atoms with Crippen LogP contribution in [0.25, 0.3) is 0 Å². The Morgan fingerprint density at radius 2 is 1.94 bits per heavy atom.